The van der Waals surface area contributed by atoms with E-state index in [4.69, 9.17) is 0 Å². The van der Waals surface area contributed by atoms with Crippen LogP contribution in [0.3, 0.4) is 0 Å². The first-order valence-corrected chi connectivity index (χ1v) is 9.20. The molecule has 2 aliphatic carbocycles. The van der Waals surface area contributed by atoms with Gasteiger partial charge in [0.05, 0.1) is 0 Å². The maximum absolute atomic E-state index is 12.9. The van der Waals surface area contributed by atoms with Crippen molar-refractivity contribution in [2.24, 2.45) is 10.8 Å². The van der Waals surface area contributed by atoms with Crippen LogP contribution >= 0.6 is 0 Å². The van der Waals surface area contributed by atoms with E-state index in [1.165, 1.54) is 0 Å². The highest BCUT2D eigenvalue weighted by Crippen LogP contribution is 2.44. The lowest BCUT2D eigenvalue weighted by molar-refractivity contribution is -0.118. The van der Waals surface area contributed by atoms with Gasteiger partial charge in [0.15, 0.2) is 11.6 Å². The van der Waals surface area contributed by atoms with Gasteiger partial charge in [-0.3, -0.25) is 9.59 Å². The molecule has 2 nitrogen and oxygen atoms in total. The van der Waals surface area contributed by atoms with Crippen LogP contribution < -0.4 is 0 Å². The van der Waals surface area contributed by atoms with Crippen molar-refractivity contribution in [2.75, 3.05) is 0 Å². The molecule has 1 aromatic carbocycles. The molecule has 0 amide bonds. The van der Waals surface area contributed by atoms with Gasteiger partial charge in [-0.2, -0.15) is 0 Å². The molecule has 0 radical (unpaired) electrons. The summed E-state index contributed by atoms with van der Waals surface area (Å²) in [6.45, 7) is 8.51. The van der Waals surface area contributed by atoms with Crippen LogP contribution in [0.2, 0.25) is 0 Å². The van der Waals surface area contributed by atoms with Crippen molar-refractivity contribution in [1.82, 2.24) is 0 Å². The van der Waals surface area contributed by atoms with Crippen molar-refractivity contribution in [1.29, 1.82) is 0 Å². The quantitative estimate of drug-likeness (QED) is 0.740. The molecule has 0 unspecified atom stereocenters. The summed E-state index contributed by atoms with van der Waals surface area (Å²) in [4.78, 5) is 25.8. The highest BCUT2D eigenvalue weighted by atomic mass is 16.1. The lowest BCUT2D eigenvalue weighted by atomic mass is 9.68. The normalized spacial score (nSPS) is 22.6. The van der Waals surface area contributed by atoms with Crippen molar-refractivity contribution >= 4 is 11.6 Å². The van der Waals surface area contributed by atoms with Gasteiger partial charge in [0.2, 0.25) is 0 Å². The van der Waals surface area contributed by atoms with Crippen LogP contribution in [-0.2, 0) is 9.59 Å². The fourth-order valence-electron chi connectivity index (χ4n) is 3.95. The Kier molecular flexibility index (Phi) is 4.57. The molecule has 1 aromatic rings. The Morgan fingerprint density at radius 3 is 1.60 bits per heavy atom. The third-order valence-electron chi connectivity index (χ3n) is 5.43. The summed E-state index contributed by atoms with van der Waals surface area (Å²) < 4.78 is 0. The van der Waals surface area contributed by atoms with E-state index in [0.717, 1.165) is 29.6 Å². The summed E-state index contributed by atoms with van der Waals surface area (Å²) in [5, 5.41) is 0. The van der Waals surface area contributed by atoms with E-state index in [2.05, 4.69) is 39.8 Å². The first-order chi connectivity index (χ1) is 11.7. The summed E-state index contributed by atoms with van der Waals surface area (Å²) in [6.07, 6.45) is 7.02. The van der Waals surface area contributed by atoms with Crippen LogP contribution in [-0.4, -0.2) is 11.6 Å². The Morgan fingerprint density at radius 1 is 0.760 bits per heavy atom. The summed E-state index contributed by atoms with van der Waals surface area (Å²) in [5.74, 6) is 0.153. The van der Waals surface area contributed by atoms with Crippen LogP contribution in [0.4, 0.5) is 0 Å². The second kappa shape index (κ2) is 6.40. The molecule has 0 fully saturated rings. The van der Waals surface area contributed by atoms with E-state index < -0.39 is 0 Å². The van der Waals surface area contributed by atoms with E-state index >= 15 is 0 Å². The van der Waals surface area contributed by atoms with Gasteiger partial charge in [-0.25, -0.2) is 0 Å². The van der Waals surface area contributed by atoms with E-state index in [1.807, 2.05) is 30.3 Å². The average molecular weight is 336 g/mol. The van der Waals surface area contributed by atoms with Crippen LogP contribution in [0.15, 0.2) is 53.6 Å². The van der Waals surface area contributed by atoms with Crippen LogP contribution in [0.1, 0.15) is 64.9 Å². The molecular formula is C23H28O2. The smallest absolute Gasteiger partial charge is 0.160 e. The second-order valence-corrected chi connectivity index (χ2v) is 9.10. The third kappa shape index (κ3) is 3.84. The molecule has 3 rings (SSSR count). The Hall–Kier alpha value is -1.96. The van der Waals surface area contributed by atoms with Crippen molar-refractivity contribution < 1.29 is 9.59 Å². The molecule has 0 bridgehead atoms. The Labute approximate surface area is 151 Å². The number of hydrogen-bond donors (Lipinski definition) is 0. The molecule has 0 heterocycles. The molecular weight excluding hydrogens is 308 g/mol. The summed E-state index contributed by atoms with van der Waals surface area (Å²) in [6, 6.07) is 10.0. The number of carbonyl (C=O) groups excluding carboxylic acids is 2. The van der Waals surface area contributed by atoms with Crippen molar-refractivity contribution in [3.8, 4) is 0 Å². The lowest BCUT2D eigenvalue weighted by Crippen LogP contribution is -2.30. The van der Waals surface area contributed by atoms with Crippen molar-refractivity contribution in [3.63, 3.8) is 0 Å². The molecule has 25 heavy (non-hydrogen) atoms. The zero-order valence-electron chi connectivity index (χ0n) is 15.8. The zero-order chi connectivity index (χ0) is 18.2. The van der Waals surface area contributed by atoms with Gasteiger partial charge >= 0.3 is 0 Å². The molecule has 132 valence electrons. The lowest BCUT2D eigenvalue weighted by Gasteiger charge is -2.34. The predicted molar refractivity (Wildman–Crippen MR) is 101 cm³/mol. The standard InChI is InChI=1S/C23H28O2/c1-22(2)12-10-17(19(24)14-22)21(16-8-6-5-7-9-16)18-11-13-23(3,4)15-20(18)25/h5-11,21H,12-15H2,1-4H3. The highest BCUT2D eigenvalue weighted by Gasteiger charge is 2.38. The molecule has 2 aliphatic rings. The number of Topliss-reactive ketones (excluding diaryl/α,β-unsaturated/α-hetero) is 2. The van der Waals surface area contributed by atoms with Gasteiger partial charge in [0.1, 0.15) is 0 Å². The SMILES string of the molecule is CC1(C)CC=C(C(C2=CCC(C)(C)CC2=O)c2ccccc2)C(=O)C1. The number of allylic oxidation sites excluding steroid dienone is 4. The maximum Gasteiger partial charge on any atom is 0.160 e. The fraction of sp³-hybridized carbons (Fsp3) is 0.478. The van der Waals surface area contributed by atoms with Crippen LogP contribution in [0, 0.1) is 10.8 Å². The monoisotopic (exact) mass is 336 g/mol. The molecule has 0 spiro atoms. The molecule has 0 aliphatic heterocycles. The van der Waals surface area contributed by atoms with Crippen molar-refractivity contribution in [3.05, 3.63) is 59.2 Å². The first-order valence-electron chi connectivity index (χ1n) is 9.20. The summed E-state index contributed by atoms with van der Waals surface area (Å²) in [7, 11) is 0. The minimum Gasteiger partial charge on any atom is -0.295 e. The second-order valence-electron chi connectivity index (χ2n) is 9.10. The minimum absolute atomic E-state index is 0.00870. The Bertz CT molecular complexity index is 702. The van der Waals surface area contributed by atoms with Crippen LogP contribution in [0.25, 0.3) is 0 Å². The van der Waals surface area contributed by atoms with E-state index in [0.29, 0.717) is 12.8 Å². The highest BCUT2D eigenvalue weighted by molar-refractivity contribution is 6.04. The zero-order valence-corrected chi connectivity index (χ0v) is 15.8. The van der Waals surface area contributed by atoms with Gasteiger partial charge in [-0.15, -0.1) is 0 Å². The number of rotatable bonds is 3. The molecule has 0 aromatic heterocycles. The van der Waals surface area contributed by atoms with E-state index in [1.54, 1.807) is 0 Å². The minimum atomic E-state index is -0.214. The summed E-state index contributed by atoms with van der Waals surface area (Å²) >= 11 is 0. The molecule has 0 saturated carbocycles. The first kappa shape index (κ1) is 17.8. The van der Waals surface area contributed by atoms with Gasteiger partial charge in [0.25, 0.3) is 0 Å². The Morgan fingerprint density at radius 2 is 1.20 bits per heavy atom. The van der Waals surface area contributed by atoms with Gasteiger partial charge < -0.3 is 0 Å². The predicted octanol–water partition coefficient (Wildman–Crippen LogP) is 5.40. The maximum atomic E-state index is 12.9. The molecule has 0 saturated heterocycles. The molecule has 0 atom stereocenters. The van der Waals surface area contributed by atoms with Gasteiger partial charge in [-0.05, 0) is 29.2 Å². The molecule has 0 N–H and O–H groups in total. The molecule has 2 heteroatoms. The van der Waals surface area contributed by atoms with E-state index in [9.17, 15) is 9.59 Å². The van der Waals surface area contributed by atoms with E-state index in [-0.39, 0.29) is 28.3 Å². The topological polar surface area (TPSA) is 34.1 Å². The summed E-state index contributed by atoms with van der Waals surface area (Å²) in [5.41, 5.74) is 2.68. The number of ketones is 2. The fourth-order valence-corrected chi connectivity index (χ4v) is 3.95. The number of hydrogen-bond acceptors (Lipinski definition) is 2. The van der Waals surface area contributed by atoms with Gasteiger partial charge in [0, 0.05) is 29.9 Å². The number of carbonyl (C=O) groups is 2. The average Bonchev–Trinajstić information content (AvgIpc) is 2.51. The third-order valence-corrected chi connectivity index (χ3v) is 5.43. The van der Waals surface area contributed by atoms with Crippen molar-refractivity contribution in [2.45, 2.75) is 59.3 Å². The van der Waals surface area contributed by atoms with Gasteiger partial charge in [-0.1, -0.05) is 70.2 Å². The number of benzene rings is 1. The Balaban J connectivity index is 2.07. The largest absolute Gasteiger partial charge is 0.295 e. The van der Waals surface area contributed by atoms with Crippen LogP contribution in [0.5, 0.6) is 0 Å².